The number of hydrogen-bond acceptors (Lipinski definition) is 2. The van der Waals surface area contributed by atoms with Crippen molar-refractivity contribution in [1.82, 2.24) is 9.55 Å². The summed E-state index contributed by atoms with van der Waals surface area (Å²) in [6, 6.07) is 4.77. The Morgan fingerprint density at radius 3 is 3.00 bits per heavy atom. The van der Waals surface area contributed by atoms with E-state index in [1.54, 1.807) is 18.3 Å². The van der Waals surface area contributed by atoms with Gasteiger partial charge < -0.3 is 9.88 Å². The van der Waals surface area contributed by atoms with E-state index in [0.29, 0.717) is 4.47 Å². The predicted molar refractivity (Wildman–Crippen MR) is 65.3 cm³/mol. The molecule has 0 amide bonds. The monoisotopic (exact) mass is 283 g/mol. The quantitative estimate of drug-likeness (QED) is 0.934. The number of anilines is 2. The fourth-order valence-corrected chi connectivity index (χ4v) is 1.77. The van der Waals surface area contributed by atoms with Crippen LogP contribution in [0.5, 0.6) is 0 Å². The Morgan fingerprint density at radius 1 is 1.50 bits per heavy atom. The first kappa shape index (κ1) is 11.1. The van der Waals surface area contributed by atoms with Crippen LogP contribution in [0.3, 0.4) is 0 Å². The molecule has 3 nitrogen and oxygen atoms in total. The molecule has 0 atom stereocenters. The smallest absolute Gasteiger partial charge is 0.207 e. The number of hydrogen-bond donors (Lipinski definition) is 1. The molecule has 5 heteroatoms. The molecule has 1 N–H and O–H groups in total. The normalized spacial score (nSPS) is 10.4. The molecule has 0 aliphatic rings. The second-order valence-corrected chi connectivity index (χ2v) is 4.15. The number of nitrogens with one attached hydrogen (secondary N) is 1. The van der Waals surface area contributed by atoms with Crippen LogP contribution in [0.1, 0.15) is 6.92 Å². The van der Waals surface area contributed by atoms with Crippen molar-refractivity contribution in [3.63, 3.8) is 0 Å². The van der Waals surface area contributed by atoms with Gasteiger partial charge in [0.15, 0.2) is 0 Å². The van der Waals surface area contributed by atoms with Crippen LogP contribution in [-0.4, -0.2) is 9.55 Å². The van der Waals surface area contributed by atoms with Gasteiger partial charge in [-0.2, -0.15) is 0 Å². The molecule has 0 saturated heterocycles. The van der Waals surface area contributed by atoms with Crippen LogP contribution in [-0.2, 0) is 6.54 Å². The summed E-state index contributed by atoms with van der Waals surface area (Å²) in [5.41, 5.74) is 0.800. The molecule has 84 valence electrons. The molecule has 0 fully saturated rings. The number of imidazole rings is 1. The zero-order valence-electron chi connectivity index (χ0n) is 8.74. The highest BCUT2D eigenvalue weighted by Crippen LogP contribution is 2.22. The molecule has 16 heavy (non-hydrogen) atoms. The number of aryl methyl sites for hydroxylation is 1. The lowest BCUT2D eigenvalue weighted by Crippen LogP contribution is -2.01. The van der Waals surface area contributed by atoms with Gasteiger partial charge in [-0.3, -0.25) is 0 Å². The molecule has 2 aromatic rings. The topological polar surface area (TPSA) is 29.9 Å². The molecule has 0 bridgehead atoms. The third-order valence-corrected chi connectivity index (χ3v) is 2.84. The zero-order chi connectivity index (χ0) is 11.5. The van der Waals surface area contributed by atoms with Gasteiger partial charge in [-0.1, -0.05) is 0 Å². The van der Waals surface area contributed by atoms with Gasteiger partial charge in [0.25, 0.3) is 0 Å². The van der Waals surface area contributed by atoms with Crippen molar-refractivity contribution >= 4 is 27.6 Å². The van der Waals surface area contributed by atoms with Crippen LogP contribution in [0.2, 0.25) is 0 Å². The van der Waals surface area contributed by atoms with E-state index >= 15 is 0 Å². The average Bonchev–Trinajstić information content (AvgIpc) is 2.71. The van der Waals surface area contributed by atoms with Crippen LogP contribution in [0.15, 0.2) is 35.1 Å². The SMILES string of the molecule is CCn1ccnc1Nc1ccc(F)c(Br)c1. The summed E-state index contributed by atoms with van der Waals surface area (Å²) in [5, 5.41) is 3.13. The van der Waals surface area contributed by atoms with Crippen molar-refractivity contribution in [3.05, 3.63) is 40.9 Å². The highest BCUT2D eigenvalue weighted by Gasteiger charge is 2.04. The molecular weight excluding hydrogens is 273 g/mol. The molecule has 0 spiro atoms. The highest BCUT2D eigenvalue weighted by atomic mass is 79.9. The molecular formula is C11H11BrFN3. The molecule has 2 rings (SSSR count). The highest BCUT2D eigenvalue weighted by molar-refractivity contribution is 9.10. The fourth-order valence-electron chi connectivity index (χ4n) is 1.39. The maximum atomic E-state index is 13.0. The number of nitrogens with zero attached hydrogens (tertiary/aromatic N) is 2. The van der Waals surface area contributed by atoms with E-state index < -0.39 is 0 Å². The number of rotatable bonds is 3. The van der Waals surface area contributed by atoms with E-state index in [4.69, 9.17) is 0 Å². The summed E-state index contributed by atoms with van der Waals surface area (Å²) in [7, 11) is 0. The second-order valence-electron chi connectivity index (χ2n) is 3.29. The summed E-state index contributed by atoms with van der Waals surface area (Å²) in [6.45, 7) is 2.87. The van der Waals surface area contributed by atoms with Crippen molar-refractivity contribution in [2.75, 3.05) is 5.32 Å². The first-order chi connectivity index (χ1) is 7.70. The van der Waals surface area contributed by atoms with Gasteiger partial charge >= 0.3 is 0 Å². The van der Waals surface area contributed by atoms with Crippen molar-refractivity contribution < 1.29 is 4.39 Å². The Hall–Kier alpha value is -1.36. The predicted octanol–water partition coefficient (Wildman–Crippen LogP) is 3.55. The fraction of sp³-hybridized carbons (Fsp3) is 0.182. The first-order valence-electron chi connectivity index (χ1n) is 4.94. The van der Waals surface area contributed by atoms with Crippen LogP contribution < -0.4 is 5.32 Å². The summed E-state index contributed by atoms with van der Waals surface area (Å²) in [6.07, 6.45) is 3.62. The van der Waals surface area contributed by atoms with Gasteiger partial charge in [0.1, 0.15) is 5.82 Å². The average molecular weight is 284 g/mol. The summed E-state index contributed by atoms with van der Waals surface area (Å²) in [4.78, 5) is 4.18. The maximum absolute atomic E-state index is 13.0. The Bertz CT molecular complexity index is 496. The standard InChI is InChI=1S/C11H11BrFN3/c1-2-16-6-5-14-11(16)15-8-3-4-10(13)9(12)7-8/h3-7H,2H2,1H3,(H,14,15). The van der Waals surface area contributed by atoms with Crippen LogP contribution in [0.4, 0.5) is 16.0 Å². The minimum absolute atomic E-state index is 0.274. The van der Waals surface area contributed by atoms with Crippen molar-refractivity contribution in [1.29, 1.82) is 0 Å². The van der Waals surface area contributed by atoms with Crippen molar-refractivity contribution in [2.24, 2.45) is 0 Å². The first-order valence-corrected chi connectivity index (χ1v) is 5.73. The van der Waals surface area contributed by atoms with E-state index in [9.17, 15) is 4.39 Å². The maximum Gasteiger partial charge on any atom is 0.207 e. The molecule has 0 saturated carbocycles. The van der Waals surface area contributed by atoms with Crippen LogP contribution in [0, 0.1) is 5.82 Å². The third-order valence-electron chi connectivity index (χ3n) is 2.23. The van der Waals surface area contributed by atoms with Gasteiger partial charge in [0, 0.05) is 24.6 Å². The number of aromatic nitrogens is 2. The van der Waals surface area contributed by atoms with Gasteiger partial charge in [0.05, 0.1) is 4.47 Å². The zero-order valence-corrected chi connectivity index (χ0v) is 10.3. The second kappa shape index (κ2) is 4.65. The lowest BCUT2D eigenvalue weighted by Gasteiger charge is -2.08. The van der Waals surface area contributed by atoms with Crippen LogP contribution in [0.25, 0.3) is 0 Å². The van der Waals surface area contributed by atoms with Gasteiger partial charge in [-0.25, -0.2) is 9.37 Å². The molecule has 1 aromatic heterocycles. The van der Waals surface area contributed by atoms with E-state index in [1.807, 2.05) is 17.7 Å². The molecule has 0 radical (unpaired) electrons. The van der Waals surface area contributed by atoms with E-state index in [2.05, 4.69) is 26.2 Å². The number of halogens is 2. The lowest BCUT2D eigenvalue weighted by molar-refractivity contribution is 0.621. The molecule has 1 aromatic carbocycles. The Kier molecular flexibility index (Phi) is 3.24. The Labute approximate surface area is 101 Å². The van der Waals surface area contributed by atoms with E-state index in [-0.39, 0.29) is 5.82 Å². The minimum atomic E-state index is -0.274. The summed E-state index contributed by atoms with van der Waals surface area (Å²) >= 11 is 3.14. The van der Waals surface area contributed by atoms with Gasteiger partial charge in [-0.15, -0.1) is 0 Å². The minimum Gasteiger partial charge on any atom is -0.326 e. The Morgan fingerprint density at radius 2 is 2.31 bits per heavy atom. The molecule has 0 unspecified atom stereocenters. The number of benzene rings is 1. The molecule has 0 aliphatic carbocycles. The largest absolute Gasteiger partial charge is 0.326 e. The third kappa shape index (κ3) is 2.24. The van der Waals surface area contributed by atoms with Crippen molar-refractivity contribution in [2.45, 2.75) is 13.5 Å². The lowest BCUT2D eigenvalue weighted by atomic mass is 10.3. The molecule has 0 aliphatic heterocycles. The summed E-state index contributed by atoms with van der Waals surface area (Å²) < 4.78 is 15.4. The van der Waals surface area contributed by atoms with Crippen molar-refractivity contribution in [3.8, 4) is 0 Å². The van der Waals surface area contributed by atoms with E-state index in [0.717, 1.165) is 18.2 Å². The van der Waals surface area contributed by atoms with Crippen LogP contribution >= 0.6 is 15.9 Å². The Balaban J connectivity index is 2.24. The van der Waals surface area contributed by atoms with Gasteiger partial charge in [0.2, 0.25) is 5.95 Å². The molecule has 1 heterocycles. The summed E-state index contributed by atoms with van der Waals surface area (Å²) in [5.74, 6) is 0.477. The van der Waals surface area contributed by atoms with Gasteiger partial charge in [-0.05, 0) is 41.1 Å². The van der Waals surface area contributed by atoms with E-state index in [1.165, 1.54) is 6.07 Å².